The first kappa shape index (κ1) is 18.3. The van der Waals surface area contributed by atoms with E-state index in [1.807, 2.05) is 34.2 Å². The largest absolute Gasteiger partial charge is 0.489 e. The highest BCUT2D eigenvalue weighted by molar-refractivity contribution is 7.07. The van der Waals surface area contributed by atoms with Crippen LogP contribution in [0.4, 0.5) is 0 Å². The molecular formula is C19H15Cl2N3O2S. The van der Waals surface area contributed by atoms with Gasteiger partial charge >= 0.3 is 0 Å². The van der Waals surface area contributed by atoms with E-state index >= 15 is 0 Å². The number of aliphatic hydroxyl groups is 1. The van der Waals surface area contributed by atoms with Crippen LogP contribution in [0.15, 0.2) is 53.4 Å². The SMILES string of the molecule is OC(COc1ccc(Cl)cc1Cl)Cn1c(-c2cscn2)nc2ccccc21. The molecule has 1 N–H and O–H groups in total. The van der Waals surface area contributed by atoms with Gasteiger partial charge in [-0.2, -0.15) is 0 Å². The summed E-state index contributed by atoms with van der Waals surface area (Å²) in [5.41, 5.74) is 4.34. The lowest BCUT2D eigenvalue weighted by Gasteiger charge is -2.16. The summed E-state index contributed by atoms with van der Waals surface area (Å²) in [5, 5.41) is 13.4. The average molecular weight is 420 g/mol. The minimum Gasteiger partial charge on any atom is -0.489 e. The Morgan fingerprint density at radius 2 is 2.04 bits per heavy atom. The number of fused-ring (bicyclic) bond motifs is 1. The molecule has 5 nitrogen and oxygen atoms in total. The van der Waals surface area contributed by atoms with Crippen LogP contribution in [0.5, 0.6) is 5.75 Å². The van der Waals surface area contributed by atoms with Crippen molar-refractivity contribution in [2.24, 2.45) is 0 Å². The Morgan fingerprint density at radius 1 is 1.19 bits per heavy atom. The lowest BCUT2D eigenvalue weighted by molar-refractivity contribution is 0.0938. The number of aliphatic hydroxyl groups excluding tert-OH is 1. The summed E-state index contributed by atoms with van der Waals surface area (Å²) in [6, 6.07) is 12.8. The van der Waals surface area contributed by atoms with Gasteiger partial charge in [-0.15, -0.1) is 11.3 Å². The van der Waals surface area contributed by atoms with E-state index in [2.05, 4.69) is 9.97 Å². The second kappa shape index (κ2) is 7.86. The fraction of sp³-hybridized carbons (Fsp3) is 0.158. The Hall–Kier alpha value is -2.12. The number of imidazole rings is 1. The number of halogens is 2. The number of benzene rings is 2. The van der Waals surface area contributed by atoms with Gasteiger partial charge in [0, 0.05) is 10.4 Å². The molecule has 0 amide bonds. The first-order chi connectivity index (χ1) is 13.1. The molecule has 2 aromatic heterocycles. The van der Waals surface area contributed by atoms with E-state index in [0.717, 1.165) is 22.6 Å². The van der Waals surface area contributed by atoms with Gasteiger partial charge in [0.15, 0.2) is 5.82 Å². The highest BCUT2D eigenvalue weighted by Gasteiger charge is 2.17. The summed E-state index contributed by atoms with van der Waals surface area (Å²) in [4.78, 5) is 9.03. The van der Waals surface area contributed by atoms with E-state index in [0.29, 0.717) is 22.3 Å². The molecule has 27 heavy (non-hydrogen) atoms. The number of aromatic nitrogens is 3. The summed E-state index contributed by atoms with van der Waals surface area (Å²) in [5.74, 6) is 1.20. The number of hydrogen-bond acceptors (Lipinski definition) is 5. The van der Waals surface area contributed by atoms with Gasteiger partial charge in [0.05, 0.1) is 28.1 Å². The molecule has 0 aliphatic carbocycles. The molecule has 0 saturated heterocycles. The molecule has 2 heterocycles. The second-order valence-corrected chi connectivity index (χ2v) is 7.51. The van der Waals surface area contributed by atoms with E-state index < -0.39 is 6.10 Å². The van der Waals surface area contributed by atoms with Crippen molar-refractivity contribution in [3.05, 3.63) is 63.4 Å². The van der Waals surface area contributed by atoms with Gasteiger partial charge in [0.25, 0.3) is 0 Å². The van der Waals surface area contributed by atoms with Crippen molar-refractivity contribution in [1.82, 2.24) is 14.5 Å². The summed E-state index contributed by atoms with van der Waals surface area (Å²) in [6.45, 7) is 0.406. The molecule has 0 radical (unpaired) electrons. The van der Waals surface area contributed by atoms with Crippen LogP contribution in [0.25, 0.3) is 22.6 Å². The van der Waals surface area contributed by atoms with Crippen LogP contribution in [-0.2, 0) is 6.54 Å². The highest BCUT2D eigenvalue weighted by atomic mass is 35.5. The summed E-state index contributed by atoms with van der Waals surface area (Å²) < 4.78 is 7.62. The average Bonchev–Trinajstić information content (AvgIpc) is 3.29. The van der Waals surface area contributed by atoms with Gasteiger partial charge in [0.2, 0.25) is 0 Å². The van der Waals surface area contributed by atoms with Gasteiger partial charge in [0.1, 0.15) is 24.2 Å². The number of thiazole rings is 1. The summed E-state index contributed by atoms with van der Waals surface area (Å²) in [7, 11) is 0. The van der Waals surface area contributed by atoms with E-state index in [4.69, 9.17) is 27.9 Å². The zero-order chi connectivity index (χ0) is 18.8. The van der Waals surface area contributed by atoms with Crippen molar-refractivity contribution < 1.29 is 9.84 Å². The predicted octanol–water partition coefficient (Wildman–Crippen LogP) is 4.91. The fourth-order valence-electron chi connectivity index (χ4n) is 2.82. The quantitative estimate of drug-likeness (QED) is 0.482. The molecule has 0 spiro atoms. The monoisotopic (exact) mass is 419 g/mol. The third-order valence-corrected chi connectivity index (χ3v) is 5.15. The van der Waals surface area contributed by atoms with Crippen LogP contribution < -0.4 is 4.74 Å². The van der Waals surface area contributed by atoms with Crippen molar-refractivity contribution >= 4 is 45.6 Å². The van der Waals surface area contributed by atoms with Gasteiger partial charge in [-0.25, -0.2) is 9.97 Å². The lowest BCUT2D eigenvalue weighted by atomic mass is 10.3. The minimum atomic E-state index is -0.758. The number of ether oxygens (including phenoxy) is 1. The Morgan fingerprint density at radius 3 is 2.81 bits per heavy atom. The third-order valence-electron chi connectivity index (χ3n) is 4.03. The molecule has 0 aliphatic heterocycles. The third kappa shape index (κ3) is 3.94. The lowest BCUT2D eigenvalue weighted by Crippen LogP contribution is -2.24. The van der Waals surface area contributed by atoms with E-state index in [1.165, 1.54) is 11.3 Å². The highest BCUT2D eigenvalue weighted by Crippen LogP contribution is 2.28. The van der Waals surface area contributed by atoms with Crippen molar-refractivity contribution in [3.8, 4) is 17.3 Å². The second-order valence-electron chi connectivity index (χ2n) is 5.95. The maximum absolute atomic E-state index is 10.5. The van der Waals surface area contributed by atoms with Gasteiger partial charge in [-0.3, -0.25) is 0 Å². The zero-order valence-electron chi connectivity index (χ0n) is 14.0. The summed E-state index contributed by atoms with van der Waals surface area (Å²) >= 11 is 13.5. The maximum atomic E-state index is 10.5. The number of rotatable bonds is 6. The molecule has 4 aromatic rings. The number of nitrogens with zero attached hydrogens (tertiary/aromatic N) is 3. The molecule has 0 bridgehead atoms. The Kier molecular flexibility index (Phi) is 5.31. The normalized spacial score (nSPS) is 12.4. The van der Waals surface area contributed by atoms with Crippen LogP contribution in [0.3, 0.4) is 0 Å². The van der Waals surface area contributed by atoms with Gasteiger partial charge in [-0.1, -0.05) is 35.3 Å². The number of para-hydroxylation sites is 2. The zero-order valence-corrected chi connectivity index (χ0v) is 16.4. The molecule has 0 aliphatic rings. The van der Waals surface area contributed by atoms with Gasteiger partial charge < -0.3 is 14.4 Å². The Labute approximate surface area is 169 Å². The Balaban J connectivity index is 1.56. The van der Waals surface area contributed by atoms with E-state index in [-0.39, 0.29) is 6.61 Å². The molecule has 0 fully saturated rings. The minimum absolute atomic E-state index is 0.0877. The molecule has 1 unspecified atom stereocenters. The van der Waals surface area contributed by atoms with Crippen molar-refractivity contribution in [2.45, 2.75) is 12.6 Å². The van der Waals surface area contributed by atoms with Crippen molar-refractivity contribution in [1.29, 1.82) is 0 Å². The van der Waals surface area contributed by atoms with E-state index in [1.54, 1.807) is 23.7 Å². The smallest absolute Gasteiger partial charge is 0.160 e. The maximum Gasteiger partial charge on any atom is 0.160 e. The molecule has 4 rings (SSSR count). The Bertz CT molecular complexity index is 1070. The van der Waals surface area contributed by atoms with Crippen LogP contribution >= 0.6 is 34.5 Å². The van der Waals surface area contributed by atoms with E-state index in [9.17, 15) is 5.11 Å². The molecule has 1 atom stereocenters. The van der Waals surface area contributed by atoms with Crippen molar-refractivity contribution in [3.63, 3.8) is 0 Å². The molecule has 0 saturated carbocycles. The molecule has 2 aromatic carbocycles. The van der Waals surface area contributed by atoms with Crippen molar-refractivity contribution in [2.75, 3.05) is 6.61 Å². The van der Waals surface area contributed by atoms with Crippen LogP contribution in [-0.4, -0.2) is 32.4 Å². The number of hydrogen-bond donors (Lipinski definition) is 1. The van der Waals surface area contributed by atoms with Crippen LogP contribution in [0.1, 0.15) is 0 Å². The predicted molar refractivity (Wildman–Crippen MR) is 109 cm³/mol. The molecular weight excluding hydrogens is 405 g/mol. The standard InChI is InChI=1S/C19H15Cl2N3O2S/c20-12-5-6-18(14(21)7-12)26-9-13(25)8-24-17-4-2-1-3-15(17)23-19(24)16-10-27-11-22-16/h1-7,10-11,13,25H,8-9H2. The van der Waals surface area contributed by atoms with Crippen LogP contribution in [0.2, 0.25) is 10.0 Å². The molecule has 8 heteroatoms. The van der Waals surface area contributed by atoms with Crippen LogP contribution in [0, 0.1) is 0 Å². The molecule has 138 valence electrons. The fourth-order valence-corrected chi connectivity index (χ4v) is 3.81. The first-order valence-corrected chi connectivity index (χ1v) is 9.91. The first-order valence-electron chi connectivity index (χ1n) is 8.21. The topological polar surface area (TPSA) is 60.2 Å². The van der Waals surface area contributed by atoms with Gasteiger partial charge in [-0.05, 0) is 30.3 Å². The summed E-state index contributed by atoms with van der Waals surface area (Å²) in [6.07, 6.45) is -0.758.